The van der Waals surface area contributed by atoms with Crippen molar-refractivity contribution < 1.29 is 8.76 Å². The summed E-state index contributed by atoms with van der Waals surface area (Å²) in [5.41, 5.74) is 6.63. The first kappa shape index (κ1) is 9.51. The van der Waals surface area contributed by atoms with Crippen LogP contribution in [0.5, 0.6) is 0 Å². The van der Waals surface area contributed by atoms with E-state index in [2.05, 4.69) is 0 Å². The molecule has 12 heavy (non-hydrogen) atoms. The second-order valence-electron chi connectivity index (χ2n) is 2.32. The quantitative estimate of drug-likeness (QED) is 0.570. The highest BCUT2D eigenvalue weighted by atomic mass is 35.5. The summed E-state index contributed by atoms with van der Waals surface area (Å²) in [6.07, 6.45) is 0. The Kier molecular flexibility index (Phi) is 3.08. The molecular weight excluding hydrogens is 198 g/mol. The lowest BCUT2D eigenvalue weighted by Crippen LogP contribution is -1.94. The molecule has 3 nitrogen and oxygen atoms in total. The number of hydrogen-bond donors (Lipinski definition) is 2. The Morgan fingerprint density at radius 2 is 2.25 bits per heavy atom. The predicted octanol–water partition coefficient (Wildman–Crippen LogP) is 1.64. The maximum absolute atomic E-state index is 10.4. The van der Waals surface area contributed by atoms with Crippen molar-refractivity contribution in [1.29, 1.82) is 0 Å². The van der Waals surface area contributed by atoms with E-state index in [1.54, 1.807) is 18.2 Å². The predicted molar refractivity (Wildman–Crippen MR) is 50.3 cm³/mol. The first-order valence-corrected chi connectivity index (χ1v) is 4.86. The van der Waals surface area contributed by atoms with Crippen LogP contribution in [0.3, 0.4) is 0 Å². The van der Waals surface area contributed by atoms with Crippen LogP contribution in [-0.4, -0.2) is 8.76 Å². The van der Waals surface area contributed by atoms with Crippen LogP contribution < -0.4 is 5.73 Å². The van der Waals surface area contributed by atoms with E-state index in [1.165, 1.54) is 0 Å². The summed E-state index contributed by atoms with van der Waals surface area (Å²) in [6, 6.07) is 4.88. The SMILES string of the molecule is Nc1ccc(CS(=O)O)cc1Cl. The molecule has 0 aromatic heterocycles. The Morgan fingerprint density at radius 1 is 1.58 bits per heavy atom. The molecule has 5 heteroatoms. The van der Waals surface area contributed by atoms with Gasteiger partial charge >= 0.3 is 0 Å². The molecule has 0 heterocycles. The topological polar surface area (TPSA) is 63.3 Å². The zero-order valence-electron chi connectivity index (χ0n) is 6.16. The van der Waals surface area contributed by atoms with Gasteiger partial charge in [-0.15, -0.1) is 0 Å². The first-order chi connectivity index (χ1) is 5.59. The van der Waals surface area contributed by atoms with Crippen molar-refractivity contribution in [2.75, 3.05) is 5.73 Å². The van der Waals surface area contributed by atoms with Gasteiger partial charge in [-0.3, -0.25) is 0 Å². The number of rotatable bonds is 2. The second kappa shape index (κ2) is 3.89. The lowest BCUT2D eigenvalue weighted by molar-refractivity contribution is 0.563. The number of nitrogen functional groups attached to an aromatic ring is 1. The molecule has 0 aliphatic rings. The van der Waals surface area contributed by atoms with Crippen LogP contribution in [0.4, 0.5) is 5.69 Å². The molecule has 0 saturated carbocycles. The van der Waals surface area contributed by atoms with Crippen LogP contribution in [0.15, 0.2) is 18.2 Å². The van der Waals surface area contributed by atoms with Gasteiger partial charge in [-0.2, -0.15) is 0 Å². The Balaban J connectivity index is 2.89. The molecule has 0 bridgehead atoms. The third-order valence-corrected chi connectivity index (χ3v) is 2.26. The van der Waals surface area contributed by atoms with Crippen LogP contribution in [0.25, 0.3) is 0 Å². The highest BCUT2D eigenvalue weighted by Crippen LogP contribution is 2.20. The summed E-state index contributed by atoms with van der Waals surface area (Å²) in [7, 11) is 0. The number of halogens is 1. The van der Waals surface area contributed by atoms with Gasteiger partial charge < -0.3 is 10.3 Å². The minimum absolute atomic E-state index is 0.0833. The summed E-state index contributed by atoms with van der Waals surface area (Å²) in [5, 5.41) is 0.415. The highest BCUT2D eigenvalue weighted by molar-refractivity contribution is 7.78. The van der Waals surface area contributed by atoms with Gasteiger partial charge in [-0.25, -0.2) is 4.21 Å². The lowest BCUT2D eigenvalue weighted by atomic mass is 10.2. The molecule has 0 spiro atoms. The maximum Gasteiger partial charge on any atom is 0.157 e. The Morgan fingerprint density at radius 3 is 2.75 bits per heavy atom. The van der Waals surface area contributed by atoms with Gasteiger partial charge in [0, 0.05) is 0 Å². The molecule has 66 valence electrons. The normalized spacial score (nSPS) is 12.8. The summed E-state index contributed by atoms with van der Waals surface area (Å²) < 4.78 is 19.0. The van der Waals surface area contributed by atoms with Gasteiger partial charge in [0.05, 0.1) is 16.5 Å². The summed E-state index contributed by atoms with van der Waals surface area (Å²) in [4.78, 5) is 0. The van der Waals surface area contributed by atoms with Crippen molar-refractivity contribution in [3.63, 3.8) is 0 Å². The van der Waals surface area contributed by atoms with Gasteiger partial charge in [-0.1, -0.05) is 17.7 Å². The maximum atomic E-state index is 10.4. The van der Waals surface area contributed by atoms with Crippen molar-refractivity contribution in [2.45, 2.75) is 5.75 Å². The van der Waals surface area contributed by atoms with E-state index in [4.69, 9.17) is 21.9 Å². The van der Waals surface area contributed by atoms with Crippen molar-refractivity contribution in [1.82, 2.24) is 0 Å². The van der Waals surface area contributed by atoms with Crippen LogP contribution >= 0.6 is 11.6 Å². The van der Waals surface area contributed by atoms with Crippen molar-refractivity contribution in [3.05, 3.63) is 28.8 Å². The zero-order chi connectivity index (χ0) is 9.14. The van der Waals surface area contributed by atoms with Gasteiger partial charge in [0.2, 0.25) is 0 Å². The average molecular weight is 206 g/mol. The molecule has 0 aliphatic heterocycles. The van der Waals surface area contributed by atoms with E-state index in [0.29, 0.717) is 16.3 Å². The minimum Gasteiger partial charge on any atom is -0.398 e. The molecular formula is C7H8ClNO2S. The third-order valence-electron chi connectivity index (χ3n) is 1.36. The smallest absolute Gasteiger partial charge is 0.157 e. The molecule has 0 amide bonds. The van der Waals surface area contributed by atoms with Crippen molar-refractivity contribution in [3.8, 4) is 0 Å². The number of anilines is 1. The average Bonchev–Trinajstić information content (AvgIpc) is 1.96. The summed E-state index contributed by atoms with van der Waals surface area (Å²) in [5.74, 6) is 0.0833. The number of hydrogen-bond acceptors (Lipinski definition) is 2. The fourth-order valence-electron chi connectivity index (χ4n) is 0.803. The molecule has 1 aromatic rings. The van der Waals surface area contributed by atoms with E-state index in [1.807, 2.05) is 0 Å². The zero-order valence-corrected chi connectivity index (χ0v) is 7.73. The highest BCUT2D eigenvalue weighted by Gasteiger charge is 2.00. The largest absolute Gasteiger partial charge is 0.398 e. The number of benzene rings is 1. The Labute approximate surface area is 77.8 Å². The van der Waals surface area contributed by atoms with Crippen LogP contribution in [0, 0.1) is 0 Å². The second-order valence-corrected chi connectivity index (χ2v) is 3.66. The molecule has 1 unspecified atom stereocenters. The Hall–Kier alpha value is -0.580. The monoisotopic (exact) mass is 205 g/mol. The first-order valence-electron chi connectivity index (χ1n) is 3.21. The number of nitrogens with two attached hydrogens (primary N) is 1. The van der Waals surface area contributed by atoms with Crippen molar-refractivity contribution in [2.24, 2.45) is 0 Å². The lowest BCUT2D eigenvalue weighted by Gasteiger charge is -2.00. The van der Waals surface area contributed by atoms with E-state index < -0.39 is 11.1 Å². The summed E-state index contributed by atoms with van der Waals surface area (Å²) in [6.45, 7) is 0. The van der Waals surface area contributed by atoms with E-state index >= 15 is 0 Å². The van der Waals surface area contributed by atoms with Crippen LogP contribution in [0.1, 0.15) is 5.56 Å². The molecule has 1 rings (SSSR count). The van der Waals surface area contributed by atoms with E-state index in [9.17, 15) is 4.21 Å². The van der Waals surface area contributed by atoms with Gasteiger partial charge in [-0.05, 0) is 17.7 Å². The van der Waals surface area contributed by atoms with Crippen LogP contribution in [0.2, 0.25) is 5.02 Å². The molecule has 3 N–H and O–H groups in total. The van der Waals surface area contributed by atoms with Gasteiger partial charge in [0.1, 0.15) is 0 Å². The van der Waals surface area contributed by atoms with Crippen LogP contribution in [-0.2, 0) is 16.8 Å². The summed E-state index contributed by atoms with van der Waals surface area (Å²) >= 11 is 3.86. The molecule has 1 atom stereocenters. The Bertz CT molecular complexity index is 316. The van der Waals surface area contributed by atoms with E-state index in [-0.39, 0.29) is 5.75 Å². The van der Waals surface area contributed by atoms with Gasteiger partial charge in [0.25, 0.3) is 0 Å². The molecule has 0 fully saturated rings. The molecule has 0 radical (unpaired) electrons. The molecule has 0 aliphatic carbocycles. The minimum atomic E-state index is -1.83. The van der Waals surface area contributed by atoms with Crippen molar-refractivity contribution >= 4 is 28.4 Å². The van der Waals surface area contributed by atoms with Gasteiger partial charge in [0.15, 0.2) is 11.1 Å². The van der Waals surface area contributed by atoms with E-state index in [0.717, 1.165) is 0 Å². The third kappa shape index (κ3) is 2.48. The fourth-order valence-corrected chi connectivity index (χ4v) is 1.47. The molecule has 1 aromatic carbocycles. The molecule has 0 saturated heterocycles. The standard InChI is InChI=1S/C7H8ClNO2S/c8-6-3-5(4-12(10)11)1-2-7(6)9/h1-3H,4,9H2,(H,10,11). The fraction of sp³-hybridized carbons (Fsp3) is 0.143.